The second-order valence-corrected chi connectivity index (χ2v) is 10.2. The highest BCUT2D eigenvalue weighted by atomic mass is 19.4. The number of carbonyl (C=O) groups excluding carboxylic acids is 1. The highest BCUT2D eigenvalue weighted by molar-refractivity contribution is 5.95. The number of halogens is 3. The number of hydrogen-bond donors (Lipinski definition) is 1. The average Bonchev–Trinajstić information content (AvgIpc) is 3.10. The first-order valence-corrected chi connectivity index (χ1v) is 12.7. The van der Waals surface area contributed by atoms with Gasteiger partial charge in [0.05, 0.1) is 12.5 Å². The quantitative estimate of drug-likeness (QED) is 0.502. The summed E-state index contributed by atoms with van der Waals surface area (Å²) in [5.41, 5.74) is 2.74. The van der Waals surface area contributed by atoms with Gasteiger partial charge in [0.25, 0.3) is 0 Å². The topological polar surface area (TPSA) is 32.3 Å². The number of rotatable bonds is 6. The predicted molar refractivity (Wildman–Crippen MR) is 125 cm³/mol. The summed E-state index contributed by atoms with van der Waals surface area (Å²) in [5, 5.41) is 3.24. The average molecular weight is 463 g/mol. The molecule has 1 heterocycles. The van der Waals surface area contributed by atoms with Crippen LogP contribution in [0.1, 0.15) is 94.7 Å². The Balaban J connectivity index is 1.60. The van der Waals surface area contributed by atoms with E-state index in [1.54, 1.807) is 12.1 Å². The summed E-state index contributed by atoms with van der Waals surface area (Å²) in [6.45, 7) is 2.81. The number of benzene rings is 1. The molecule has 1 unspecified atom stereocenters. The Labute approximate surface area is 195 Å². The number of allylic oxidation sites excluding steroid dienone is 1. The molecule has 1 atom stereocenters. The minimum absolute atomic E-state index is 0.0242. The molecule has 4 rings (SSSR count). The van der Waals surface area contributed by atoms with E-state index in [0.29, 0.717) is 23.5 Å². The van der Waals surface area contributed by atoms with Gasteiger partial charge in [0, 0.05) is 30.3 Å². The third-order valence-electron chi connectivity index (χ3n) is 7.84. The van der Waals surface area contributed by atoms with Gasteiger partial charge < -0.3 is 10.2 Å². The molecule has 33 heavy (non-hydrogen) atoms. The fourth-order valence-corrected chi connectivity index (χ4v) is 6.06. The lowest BCUT2D eigenvalue weighted by Gasteiger charge is -2.35. The van der Waals surface area contributed by atoms with Crippen LogP contribution in [0, 0.1) is 5.92 Å². The zero-order chi connectivity index (χ0) is 23.4. The van der Waals surface area contributed by atoms with Gasteiger partial charge in [-0.2, -0.15) is 13.2 Å². The van der Waals surface area contributed by atoms with Crippen molar-refractivity contribution in [3.8, 4) is 0 Å². The van der Waals surface area contributed by atoms with E-state index in [0.717, 1.165) is 56.3 Å². The predicted octanol–water partition coefficient (Wildman–Crippen LogP) is 6.84. The van der Waals surface area contributed by atoms with E-state index in [-0.39, 0.29) is 18.0 Å². The maximum absolute atomic E-state index is 13.3. The normalized spacial score (nSPS) is 23.3. The number of nitrogens with one attached hydrogen (secondary N) is 1. The molecule has 2 saturated carbocycles. The van der Waals surface area contributed by atoms with Gasteiger partial charge in [0.2, 0.25) is 5.91 Å². The van der Waals surface area contributed by atoms with E-state index in [9.17, 15) is 18.0 Å². The Morgan fingerprint density at radius 3 is 2.30 bits per heavy atom. The van der Waals surface area contributed by atoms with E-state index in [4.69, 9.17) is 0 Å². The number of nitrogens with zero attached hydrogens (tertiary/aromatic N) is 1. The molecule has 1 amide bonds. The maximum Gasteiger partial charge on any atom is 0.393 e. The van der Waals surface area contributed by atoms with Gasteiger partial charge in [-0.25, -0.2) is 0 Å². The third-order valence-corrected chi connectivity index (χ3v) is 7.84. The van der Waals surface area contributed by atoms with Crippen molar-refractivity contribution in [2.45, 2.75) is 102 Å². The molecule has 0 bridgehead atoms. The summed E-state index contributed by atoms with van der Waals surface area (Å²) in [5.74, 6) is 0.510. The summed E-state index contributed by atoms with van der Waals surface area (Å²) in [7, 11) is 0. The summed E-state index contributed by atoms with van der Waals surface area (Å²) in [6.07, 6.45) is 6.83. The van der Waals surface area contributed by atoms with Crippen LogP contribution in [0.4, 0.5) is 13.2 Å². The molecule has 1 aromatic rings. The second-order valence-electron chi connectivity index (χ2n) is 10.2. The molecule has 182 valence electrons. The first-order valence-electron chi connectivity index (χ1n) is 12.7. The molecule has 0 radical (unpaired) electrons. The van der Waals surface area contributed by atoms with Gasteiger partial charge >= 0.3 is 6.18 Å². The SMILES string of the molecule is CC1=C(C(=O)NC2CCCCC2)CC(c2ccccc2CC(F)(F)F)N1CC1CCCCC1. The van der Waals surface area contributed by atoms with Crippen molar-refractivity contribution in [2.75, 3.05) is 6.54 Å². The highest BCUT2D eigenvalue weighted by Crippen LogP contribution is 2.43. The van der Waals surface area contributed by atoms with Crippen molar-refractivity contribution >= 4 is 5.91 Å². The fraction of sp³-hybridized carbons (Fsp3) is 0.667. The van der Waals surface area contributed by atoms with Crippen LogP contribution in [0.3, 0.4) is 0 Å². The lowest BCUT2D eigenvalue weighted by atomic mass is 9.88. The van der Waals surface area contributed by atoms with Crippen LogP contribution in [-0.2, 0) is 11.2 Å². The molecular weight excluding hydrogens is 425 g/mol. The molecule has 2 aliphatic carbocycles. The van der Waals surface area contributed by atoms with Crippen LogP contribution in [-0.4, -0.2) is 29.6 Å². The molecule has 1 aromatic carbocycles. The van der Waals surface area contributed by atoms with Gasteiger partial charge in [-0.05, 0) is 49.7 Å². The smallest absolute Gasteiger partial charge is 0.367 e. The minimum atomic E-state index is -4.26. The van der Waals surface area contributed by atoms with Crippen LogP contribution >= 0.6 is 0 Å². The molecule has 1 aliphatic heterocycles. The number of alkyl halides is 3. The van der Waals surface area contributed by atoms with Crippen molar-refractivity contribution in [3.05, 3.63) is 46.7 Å². The van der Waals surface area contributed by atoms with Crippen LogP contribution < -0.4 is 5.32 Å². The van der Waals surface area contributed by atoms with E-state index >= 15 is 0 Å². The standard InChI is InChI=1S/C27H37F3N2O/c1-19-24(26(33)31-22-13-6-3-7-14-22)16-25(32(19)18-20-10-4-2-5-11-20)23-15-9-8-12-21(23)17-27(28,29)30/h8-9,12,15,20,22,25H,2-7,10-11,13-14,16-18H2,1H3,(H,31,33). The molecule has 2 fully saturated rings. The molecule has 0 aromatic heterocycles. The zero-order valence-electron chi connectivity index (χ0n) is 19.7. The summed E-state index contributed by atoms with van der Waals surface area (Å²) < 4.78 is 40.0. The molecule has 3 nitrogen and oxygen atoms in total. The fourth-order valence-electron chi connectivity index (χ4n) is 6.06. The summed E-state index contributed by atoms with van der Waals surface area (Å²) >= 11 is 0. The first kappa shape index (κ1) is 24.2. The van der Waals surface area contributed by atoms with E-state index in [1.807, 2.05) is 19.1 Å². The Hall–Kier alpha value is -1.98. The van der Waals surface area contributed by atoms with Crippen LogP contribution in [0.25, 0.3) is 0 Å². The van der Waals surface area contributed by atoms with Gasteiger partial charge in [0.15, 0.2) is 0 Å². The maximum atomic E-state index is 13.3. The highest BCUT2D eigenvalue weighted by Gasteiger charge is 2.38. The van der Waals surface area contributed by atoms with E-state index in [1.165, 1.54) is 25.7 Å². The minimum Gasteiger partial charge on any atom is -0.367 e. The van der Waals surface area contributed by atoms with Gasteiger partial charge in [-0.1, -0.05) is 62.8 Å². The lowest BCUT2D eigenvalue weighted by Crippen LogP contribution is -2.37. The van der Waals surface area contributed by atoms with Crippen molar-refractivity contribution < 1.29 is 18.0 Å². The number of carbonyl (C=O) groups is 1. The van der Waals surface area contributed by atoms with Gasteiger partial charge in [-0.3, -0.25) is 4.79 Å². The molecule has 0 spiro atoms. The summed E-state index contributed by atoms with van der Waals surface area (Å²) in [4.78, 5) is 15.5. The first-order chi connectivity index (χ1) is 15.8. The lowest BCUT2D eigenvalue weighted by molar-refractivity contribution is -0.127. The Kier molecular flexibility index (Phi) is 7.70. The third kappa shape index (κ3) is 6.13. The molecule has 1 N–H and O–H groups in total. The van der Waals surface area contributed by atoms with Gasteiger partial charge in [-0.15, -0.1) is 0 Å². The van der Waals surface area contributed by atoms with Crippen LogP contribution in [0.2, 0.25) is 0 Å². The molecule has 6 heteroatoms. The van der Waals surface area contributed by atoms with Crippen molar-refractivity contribution in [3.63, 3.8) is 0 Å². The monoisotopic (exact) mass is 462 g/mol. The Morgan fingerprint density at radius 2 is 1.64 bits per heavy atom. The van der Waals surface area contributed by atoms with E-state index < -0.39 is 12.6 Å². The molecule has 0 saturated heterocycles. The zero-order valence-corrected chi connectivity index (χ0v) is 19.7. The second kappa shape index (κ2) is 10.5. The van der Waals surface area contributed by atoms with Gasteiger partial charge in [0.1, 0.15) is 0 Å². The molecule has 3 aliphatic rings. The Morgan fingerprint density at radius 1 is 1.00 bits per heavy atom. The van der Waals surface area contributed by atoms with Crippen molar-refractivity contribution in [2.24, 2.45) is 5.92 Å². The van der Waals surface area contributed by atoms with Crippen molar-refractivity contribution in [1.82, 2.24) is 10.2 Å². The van der Waals surface area contributed by atoms with Crippen LogP contribution in [0.5, 0.6) is 0 Å². The molecular formula is C27H37F3N2O. The van der Waals surface area contributed by atoms with Crippen molar-refractivity contribution in [1.29, 1.82) is 0 Å². The number of amides is 1. The van der Waals surface area contributed by atoms with E-state index in [2.05, 4.69) is 10.2 Å². The summed E-state index contributed by atoms with van der Waals surface area (Å²) in [6, 6.07) is 6.93. The Bertz CT molecular complexity index is 851. The van der Waals surface area contributed by atoms with Crippen LogP contribution in [0.15, 0.2) is 35.5 Å². The largest absolute Gasteiger partial charge is 0.393 e. The number of hydrogen-bond acceptors (Lipinski definition) is 2.